The fourth-order valence-corrected chi connectivity index (χ4v) is 1.79. The van der Waals surface area contributed by atoms with Gasteiger partial charge in [0.05, 0.1) is 0 Å². The predicted octanol–water partition coefficient (Wildman–Crippen LogP) is 1.85. The molecule has 1 saturated heterocycles. The zero-order chi connectivity index (χ0) is 11.5. The summed E-state index contributed by atoms with van der Waals surface area (Å²) >= 11 is 0. The molecule has 0 saturated carbocycles. The van der Waals surface area contributed by atoms with Gasteiger partial charge in [-0.1, -0.05) is 6.07 Å². The maximum absolute atomic E-state index is 11.7. The van der Waals surface area contributed by atoms with E-state index in [9.17, 15) is 4.79 Å². The molecule has 0 unspecified atom stereocenters. The van der Waals surface area contributed by atoms with Crippen molar-refractivity contribution in [2.75, 3.05) is 18.4 Å². The van der Waals surface area contributed by atoms with Gasteiger partial charge < -0.3 is 10.6 Å². The van der Waals surface area contributed by atoms with Crippen molar-refractivity contribution >= 4 is 11.6 Å². The van der Waals surface area contributed by atoms with Gasteiger partial charge in [0.1, 0.15) is 0 Å². The van der Waals surface area contributed by atoms with Crippen LogP contribution in [0.1, 0.15) is 17.5 Å². The average molecular weight is 218 g/mol. The average Bonchev–Trinajstić information content (AvgIpc) is 2.18. The number of nitrogens with one attached hydrogen (secondary N) is 2. The third-order valence-corrected chi connectivity index (χ3v) is 3.13. The Morgan fingerprint density at radius 2 is 2.12 bits per heavy atom. The van der Waals surface area contributed by atoms with Crippen molar-refractivity contribution in [2.45, 2.75) is 20.3 Å². The first kappa shape index (κ1) is 11.1. The molecular weight excluding hydrogens is 200 g/mol. The number of hydrogen-bond donors (Lipinski definition) is 2. The molecule has 1 aromatic rings. The first-order chi connectivity index (χ1) is 7.65. The fraction of sp³-hybridized carbons (Fsp3) is 0.462. The Balaban J connectivity index is 1.92. The van der Waals surface area contributed by atoms with E-state index in [4.69, 9.17) is 0 Å². The molecule has 1 aliphatic heterocycles. The minimum Gasteiger partial charge on any atom is -0.326 e. The highest BCUT2D eigenvalue weighted by Crippen LogP contribution is 2.15. The monoisotopic (exact) mass is 218 g/mol. The molecule has 0 bridgehead atoms. The van der Waals surface area contributed by atoms with Gasteiger partial charge in [0.15, 0.2) is 0 Å². The molecule has 1 aromatic carbocycles. The molecule has 2 rings (SSSR count). The van der Waals surface area contributed by atoms with Gasteiger partial charge in [-0.25, -0.2) is 0 Å². The van der Waals surface area contributed by atoms with E-state index < -0.39 is 0 Å². The molecule has 86 valence electrons. The standard InChI is InChI=1S/C13H18N2O/c1-9-3-4-12(5-10(9)2)15-13(16)6-11-7-14-8-11/h3-5,11,14H,6-8H2,1-2H3,(H,15,16). The molecule has 16 heavy (non-hydrogen) atoms. The molecule has 0 atom stereocenters. The van der Waals surface area contributed by atoms with Crippen LogP contribution < -0.4 is 10.6 Å². The van der Waals surface area contributed by atoms with Crippen molar-refractivity contribution < 1.29 is 4.79 Å². The summed E-state index contributed by atoms with van der Waals surface area (Å²) in [5.74, 6) is 0.640. The van der Waals surface area contributed by atoms with Crippen LogP contribution in [0, 0.1) is 19.8 Å². The van der Waals surface area contributed by atoms with Crippen LogP contribution in [0.3, 0.4) is 0 Å². The van der Waals surface area contributed by atoms with Crippen molar-refractivity contribution in [3.05, 3.63) is 29.3 Å². The quantitative estimate of drug-likeness (QED) is 0.813. The minimum atomic E-state index is 0.120. The second kappa shape index (κ2) is 4.66. The molecule has 3 heteroatoms. The van der Waals surface area contributed by atoms with E-state index in [-0.39, 0.29) is 5.91 Å². The van der Waals surface area contributed by atoms with E-state index in [0.717, 1.165) is 18.8 Å². The number of carbonyl (C=O) groups excluding carboxylic acids is 1. The summed E-state index contributed by atoms with van der Waals surface area (Å²) in [6, 6.07) is 6.02. The third kappa shape index (κ3) is 2.61. The Morgan fingerprint density at radius 3 is 2.69 bits per heavy atom. The van der Waals surface area contributed by atoms with Crippen LogP contribution in [0.5, 0.6) is 0 Å². The van der Waals surface area contributed by atoms with Crippen molar-refractivity contribution in [1.29, 1.82) is 0 Å². The molecule has 0 aliphatic carbocycles. The van der Waals surface area contributed by atoms with Crippen LogP contribution >= 0.6 is 0 Å². The normalized spacial score (nSPS) is 15.6. The van der Waals surface area contributed by atoms with E-state index in [1.165, 1.54) is 11.1 Å². The molecule has 0 spiro atoms. The van der Waals surface area contributed by atoms with Gasteiger partial charge in [-0.3, -0.25) is 4.79 Å². The van der Waals surface area contributed by atoms with E-state index in [1.807, 2.05) is 18.2 Å². The molecule has 0 radical (unpaired) electrons. The Morgan fingerprint density at radius 1 is 1.38 bits per heavy atom. The topological polar surface area (TPSA) is 41.1 Å². The lowest BCUT2D eigenvalue weighted by atomic mass is 9.99. The van der Waals surface area contributed by atoms with Crippen LogP contribution in [0.4, 0.5) is 5.69 Å². The second-order valence-corrected chi connectivity index (χ2v) is 4.58. The largest absolute Gasteiger partial charge is 0.326 e. The maximum atomic E-state index is 11.7. The lowest BCUT2D eigenvalue weighted by Gasteiger charge is -2.26. The van der Waals surface area contributed by atoms with E-state index in [0.29, 0.717) is 12.3 Å². The highest BCUT2D eigenvalue weighted by atomic mass is 16.1. The van der Waals surface area contributed by atoms with Crippen LogP contribution in [0.2, 0.25) is 0 Å². The van der Waals surface area contributed by atoms with Crippen molar-refractivity contribution in [1.82, 2.24) is 5.32 Å². The molecular formula is C13H18N2O. The predicted molar refractivity (Wildman–Crippen MR) is 65.5 cm³/mol. The number of aryl methyl sites for hydroxylation is 2. The smallest absolute Gasteiger partial charge is 0.224 e. The zero-order valence-electron chi connectivity index (χ0n) is 9.84. The SMILES string of the molecule is Cc1ccc(NC(=O)CC2CNC2)cc1C. The Bertz CT molecular complexity index is 397. The number of hydrogen-bond acceptors (Lipinski definition) is 2. The van der Waals surface area contributed by atoms with Gasteiger partial charge in [0, 0.05) is 12.1 Å². The van der Waals surface area contributed by atoms with E-state index >= 15 is 0 Å². The summed E-state index contributed by atoms with van der Waals surface area (Å²) in [6.45, 7) is 6.07. The third-order valence-electron chi connectivity index (χ3n) is 3.13. The summed E-state index contributed by atoms with van der Waals surface area (Å²) in [6.07, 6.45) is 0.625. The summed E-state index contributed by atoms with van der Waals surface area (Å²) < 4.78 is 0. The number of benzene rings is 1. The van der Waals surface area contributed by atoms with Gasteiger partial charge in [0.25, 0.3) is 0 Å². The molecule has 1 fully saturated rings. The lowest BCUT2D eigenvalue weighted by molar-refractivity contribution is -0.117. The summed E-state index contributed by atoms with van der Waals surface area (Å²) in [5.41, 5.74) is 3.37. The van der Waals surface area contributed by atoms with Crippen LogP contribution in [0.25, 0.3) is 0 Å². The minimum absolute atomic E-state index is 0.120. The van der Waals surface area contributed by atoms with Gasteiger partial charge >= 0.3 is 0 Å². The van der Waals surface area contributed by atoms with Crippen LogP contribution in [-0.2, 0) is 4.79 Å². The Labute approximate surface area is 96.2 Å². The molecule has 2 N–H and O–H groups in total. The zero-order valence-corrected chi connectivity index (χ0v) is 9.84. The molecule has 1 aliphatic rings. The van der Waals surface area contributed by atoms with Crippen LogP contribution in [0.15, 0.2) is 18.2 Å². The van der Waals surface area contributed by atoms with E-state index in [1.54, 1.807) is 0 Å². The number of anilines is 1. The Hall–Kier alpha value is -1.35. The van der Waals surface area contributed by atoms with Gasteiger partial charge in [-0.15, -0.1) is 0 Å². The molecule has 1 heterocycles. The second-order valence-electron chi connectivity index (χ2n) is 4.58. The van der Waals surface area contributed by atoms with Crippen LogP contribution in [-0.4, -0.2) is 19.0 Å². The summed E-state index contributed by atoms with van der Waals surface area (Å²) in [5, 5.41) is 6.11. The number of amides is 1. The summed E-state index contributed by atoms with van der Waals surface area (Å²) in [7, 11) is 0. The molecule has 0 aromatic heterocycles. The van der Waals surface area contributed by atoms with Gasteiger partial charge in [-0.05, 0) is 56.1 Å². The van der Waals surface area contributed by atoms with Crippen molar-refractivity contribution in [3.63, 3.8) is 0 Å². The van der Waals surface area contributed by atoms with Crippen molar-refractivity contribution in [2.24, 2.45) is 5.92 Å². The first-order valence-corrected chi connectivity index (χ1v) is 5.73. The lowest BCUT2D eigenvalue weighted by Crippen LogP contribution is -2.43. The highest BCUT2D eigenvalue weighted by Gasteiger charge is 2.19. The molecule has 1 amide bonds. The Kier molecular flexibility index (Phi) is 3.25. The van der Waals surface area contributed by atoms with Crippen molar-refractivity contribution in [3.8, 4) is 0 Å². The van der Waals surface area contributed by atoms with Gasteiger partial charge in [0.2, 0.25) is 5.91 Å². The molecule has 3 nitrogen and oxygen atoms in total. The number of carbonyl (C=O) groups is 1. The van der Waals surface area contributed by atoms with E-state index in [2.05, 4.69) is 24.5 Å². The highest BCUT2D eigenvalue weighted by molar-refractivity contribution is 5.91. The first-order valence-electron chi connectivity index (χ1n) is 5.73. The fourth-order valence-electron chi connectivity index (χ4n) is 1.79. The van der Waals surface area contributed by atoms with Gasteiger partial charge in [-0.2, -0.15) is 0 Å². The number of rotatable bonds is 3. The maximum Gasteiger partial charge on any atom is 0.224 e. The summed E-state index contributed by atoms with van der Waals surface area (Å²) in [4.78, 5) is 11.7.